The molecule has 0 aromatic heterocycles. The van der Waals surface area contributed by atoms with E-state index in [1.54, 1.807) is 0 Å². The van der Waals surface area contributed by atoms with E-state index >= 15 is 0 Å². The SMILES string of the molecule is N[C@@H]1C(O)OC(CO)[C@@H](O)[C@@H]1O. The van der Waals surface area contributed by atoms with Gasteiger partial charge in [0.15, 0.2) is 6.29 Å². The van der Waals surface area contributed by atoms with Crippen LogP contribution in [0.15, 0.2) is 0 Å². The lowest BCUT2D eigenvalue weighted by Crippen LogP contribution is -2.61. The molecule has 6 nitrogen and oxygen atoms in total. The van der Waals surface area contributed by atoms with Gasteiger partial charge in [-0.25, -0.2) is 0 Å². The van der Waals surface area contributed by atoms with Crippen LogP contribution in [0.4, 0.5) is 0 Å². The van der Waals surface area contributed by atoms with E-state index in [2.05, 4.69) is 0 Å². The molecule has 5 atom stereocenters. The molecule has 0 aromatic carbocycles. The van der Waals surface area contributed by atoms with Crippen LogP contribution in [0.25, 0.3) is 0 Å². The van der Waals surface area contributed by atoms with Gasteiger partial charge in [-0.1, -0.05) is 0 Å². The Morgan fingerprint density at radius 2 is 1.75 bits per heavy atom. The van der Waals surface area contributed by atoms with E-state index in [1.807, 2.05) is 0 Å². The van der Waals surface area contributed by atoms with Crippen molar-refractivity contribution in [1.29, 1.82) is 0 Å². The Balaban J connectivity index is 2.63. The summed E-state index contributed by atoms with van der Waals surface area (Å²) < 4.78 is 4.70. The zero-order chi connectivity index (χ0) is 9.30. The Kier molecular flexibility index (Phi) is 2.99. The first-order chi connectivity index (χ1) is 5.57. The summed E-state index contributed by atoms with van der Waals surface area (Å²) in [6.45, 7) is -0.470. The van der Waals surface area contributed by atoms with Gasteiger partial charge in [0.05, 0.1) is 12.6 Å². The third-order valence-corrected chi connectivity index (χ3v) is 1.95. The maximum atomic E-state index is 9.20. The van der Waals surface area contributed by atoms with Crippen molar-refractivity contribution in [3.63, 3.8) is 0 Å². The van der Waals surface area contributed by atoms with Gasteiger partial charge in [-0.3, -0.25) is 0 Å². The monoisotopic (exact) mass is 179 g/mol. The first-order valence-corrected chi connectivity index (χ1v) is 3.64. The normalized spacial score (nSPS) is 49.2. The largest absolute Gasteiger partial charge is 0.394 e. The fourth-order valence-corrected chi connectivity index (χ4v) is 1.12. The Morgan fingerprint density at radius 3 is 2.25 bits per heavy atom. The van der Waals surface area contributed by atoms with Gasteiger partial charge in [0.2, 0.25) is 0 Å². The number of hydrogen-bond donors (Lipinski definition) is 5. The number of aliphatic hydroxyl groups is 4. The summed E-state index contributed by atoms with van der Waals surface area (Å²) in [4.78, 5) is 0. The summed E-state index contributed by atoms with van der Waals surface area (Å²) in [6, 6.07) is -1.04. The van der Waals surface area contributed by atoms with E-state index in [1.165, 1.54) is 0 Å². The van der Waals surface area contributed by atoms with Crippen molar-refractivity contribution in [2.75, 3.05) is 6.61 Å². The number of aliphatic hydroxyl groups excluding tert-OH is 4. The second-order valence-corrected chi connectivity index (χ2v) is 2.81. The van der Waals surface area contributed by atoms with Crippen LogP contribution in [0.2, 0.25) is 0 Å². The molecule has 0 saturated carbocycles. The highest BCUT2D eigenvalue weighted by molar-refractivity contribution is 4.90. The minimum absolute atomic E-state index is 0.470. The van der Waals surface area contributed by atoms with Crippen molar-refractivity contribution >= 4 is 0 Å². The number of rotatable bonds is 1. The smallest absolute Gasteiger partial charge is 0.173 e. The fraction of sp³-hybridized carbons (Fsp3) is 1.00. The van der Waals surface area contributed by atoms with E-state index in [0.29, 0.717) is 0 Å². The second-order valence-electron chi connectivity index (χ2n) is 2.81. The Morgan fingerprint density at radius 1 is 1.17 bits per heavy atom. The molecule has 1 aliphatic rings. The predicted octanol–water partition coefficient (Wildman–Crippen LogP) is -3.25. The van der Waals surface area contributed by atoms with Gasteiger partial charge in [0.25, 0.3) is 0 Å². The molecule has 1 rings (SSSR count). The van der Waals surface area contributed by atoms with Crippen molar-refractivity contribution in [2.24, 2.45) is 5.73 Å². The molecule has 0 radical (unpaired) electrons. The molecule has 0 aliphatic carbocycles. The summed E-state index contributed by atoms with van der Waals surface area (Å²) >= 11 is 0. The topological polar surface area (TPSA) is 116 Å². The molecule has 1 heterocycles. The van der Waals surface area contributed by atoms with Crippen LogP contribution in [0.1, 0.15) is 0 Å². The zero-order valence-electron chi connectivity index (χ0n) is 6.37. The van der Waals surface area contributed by atoms with E-state index in [0.717, 1.165) is 0 Å². The quantitative estimate of drug-likeness (QED) is 0.288. The van der Waals surface area contributed by atoms with Crippen LogP contribution in [-0.4, -0.2) is 57.7 Å². The lowest BCUT2D eigenvalue weighted by Gasteiger charge is -2.38. The van der Waals surface area contributed by atoms with Crippen molar-refractivity contribution < 1.29 is 25.2 Å². The Hall–Kier alpha value is -0.240. The van der Waals surface area contributed by atoms with Crippen LogP contribution in [-0.2, 0) is 4.74 Å². The average Bonchev–Trinajstić information content (AvgIpc) is 2.08. The van der Waals surface area contributed by atoms with Crippen LogP contribution in [0, 0.1) is 0 Å². The average molecular weight is 179 g/mol. The minimum Gasteiger partial charge on any atom is -0.394 e. The van der Waals surface area contributed by atoms with Gasteiger partial charge in [0, 0.05) is 0 Å². The Bertz CT molecular complexity index is 150. The van der Waals surface area contributed by atoms with Gasteiger partial charge < -0.3 is 30.9 Å². The molecule has 1 fully saturated rings. The molecule has 72 valence electrons. The third kappa shape index (κ3) is 1.58. The van der Waals surface area contributed by atoms with Crippen LogP contribution >= 0.6 is 0 Å². The standard InChI is InChI=1S/C6H13NO5/c7-3-5(10)4(9)2(1-8)12-6(3)11/h2-6,8-11H,1,7H2/t2?,3-,4+,5+,6?/m0/s1. The van der Waals surface area contributed by atoms with Crippen LogP contribution in [0.3, 0.4) is 0 Å². The molecule has 2 unspecified atom stereocenters. The molecule has 0 spiro atoms. The number of ether oxygens (including phenoxy) is 1. The first-order valence-electron chi connectivity index (χ1n) is 3.64. The van der Waals surface area contributed by atoms with Gasteiger partial charge in [-0.2, -0.15) is 0 Å². The van der Waals surface area contributed by atoms with E-state index in [4.69, 9.17) is 20.7 Å². The number of hydrogen-bond acceptors (Lipinski definition) is 6. The molecular weight excluding hydrogens is 166 g/mol. The highest BCUT2D eigenvalue weighted by Gasteiger charge is 2.41. The highest BCUT2D eigenvalue weighted by atomic mass is 16.6. The predicted molar refractivity (Wildman–Crippen MR) is 38.0 cm³/mol. The summed E-state index contributed by atoms with van der Waals surface area (Å²) in [5, 5.41) is 36.1. The zero-order valence-corrected chi connectivity index (χ0v) is 6.37. The van der Waals surface area contributed by atoms with Crippen LogP contribution in [0.5, 0.6) is 0 Å². The van der Waals surface area contributed by atoms with Crippen molar-refractivity contribution in [1.82, 2.24) is 0 Å². The molecule has 0 aromatic rings. The van der Waals surface area contributed by atoms with Crippen molar-refractivity contribution in [3.8, 4) is 0 Å². The fourth-order valence-electron chi connectivity index (χ4n) is 1.12. The molecule has 1 aliphatic heterocycles. The maximum Gasteiger partial charge on any atom is 0.173 e. The minimum atomic E-state index is -1.35. The van der Waals surface area contributed by atoms with E-state index in [-0.39, 0.29) is 0 Å². The van der Waals surface area contributed by atoms with Crippen molar-refractivity contribution in [2.45, 2.75) is 30.6 Å². The van der Waals surface area contributed by atoms with Gasteiger partial charge >= 0.3 is 0 Å². The van der Waals surface area contributed by atoms with E-state index < -0.39 is 37.3 Å². The van der Waals surface area contributed by atoms with E-state index in [9.17, 15) is 10.2 Å². The summed E-state index contributed by atoms with van der Waals surface area (Å²) in [5.74, 6) is 0. The lowest BCUT2D eigenvalue weighted by molar-refractivity contribution is -0.248. The molecule has 6 N–H and O–H groups in total. The molecule has 6 heteroatoms. The van der Waals surface area contributed by atoms with Crippen molar-refractivity contribution in [3.05, 3.63) is 0 Å². The Labute approximate surface area is 69.2 Å². The lowest BCUT2D eigenvalue weighted by atomic mass is 9.98. The van der Waals surface area contributed by atoms with Gasteiger partial charge in [0.1, 0.15) is 18.3 Å². The van der Waals surface area contributed by atoms with Gasteiger partial charge in [-0.15, -0.1) is 0 Å². The van der Waals surface area contributed by atoms with Crippen LogP contribution < -0.4 is 5.73 Å². The molecule has 0 amide bonds. The summed E-state index contributed by atoms with van der Waals surface area (Å²) in [5.41, 5.74) is 5.26. The third-order valence-electron chi connectivity index (χ3n) is 1.95. The second kappa shape index (κ2) is 3.65. The summed E-state index contributed by atoms with van der Waals surface area (Å²) in [6.07, 6.45) is -4.85. The maximum absolute atomic E-state index is 9.20. The first kappa shape index (κ1) is 9.85. The molecule has 1 saturated heterocycles. The number of nitrogens with two attached hydrogens (primary N) is 1. The molecular formula is C6H13NO5. The molecule has 0 bridgehead atoms. The molecule has 12 heavy (non-hydrogen) atoms. The van der Waals surface area contributed by atoms with Gasteiger partial charge in [-0.05, 0) is 0 Å². The summed E-state index contributed by atoms with van der Waals surface area (Å²) in [7, 11) is 0. The highest BCUT2D eigenvalue weighted by Crippen LogP contribution is 2.17.